The Labute approximate surface area is 221 Å². The highest BCUT2D eigenvalue weighted by Crippen LogP contribution is 2.42. The number of hydrogen-bond acceptors (Lipinski definition) is 7. The van der Waals surface area contributed by atoms with E-state index in [4.69, 9.17) is 22.3 Å². The van der Waals surface area contributed by atoms with E-state index in [1.54, 1.807) is 17.6 Å². The molecule has 0 atom stereocenters. The van der Waals surface area contributed by atoms with Crippen LogP contribution in [0.15, 0.2) is 77.2 Å². The van der Waals surface area contributed by atoms with Gasteiger partial charge in [-0.2, -0.15) is 5.10 Å². The highest BCUT2D eigenvalue weighted by molar-refractivity contribution is 7.21. The summed E-state index contributed by atoms with van der Waals surface area (Å²) in [5.41, 5.74) is 14.1. The van der Waals surface area contributed by atoms with Crippen molar-refractivity contribution in [3.05, 3.63) is 87.6 Å². The number of fused-ring (bicyclic) bond motifs is 1. The fourth-order valence-electron chi connectivity index (χ4n) is 3.76. The van der Waals surface area contributed by atoms with Crippen LogP contribution in [0.5, 0.6) is 0 Å². The molecule has 2 aromatic carbocycles. The van der Waals surface area contributed by atoms with Crippen LogP contribution in [0.25, 0.3) is 31.9 Å². The molecule has 0 aliphatic carbocycles. The zero-order valence-corrected chi connectivity index (χ0v) is 21.9. The summed E-state index contributed by atoms with van der Waals surface area (Å²) in [6.45, 7) is 0. The predicted molar refractivity (Wildman–Crippen MR) is 154 cm³/mol. The minimum Gasteiger partial charge on any atom is -0.397 e. The molecule has 5 rings (SSSR count). The van der Waals surface area contributed by atoms with Crippen molar-refractivity contribution in [2.24, 2.45) is 5.10 Å². The highest BCUT2D eigenvalue weighted by Gasteiger charge is 2.22. The van der Waals surface area contributed by atoms with Crippen molar-refractivity contribution in [3.63, 3.8) is 0 Å². The van der Waals surface area contributed by atoms with Gasteiger partial charge in [0.25, 0.3) is 5.91 Å². The van der Waals surface area contributed by atoms with Crippen molar-refractivity contribution < 1.29 is 4.79 Å². The van der Waals surface area contributed by atoms with E-state index in [-0.39, 0.29) is 5.91 Å². The van der Waals surface area contributed by atoms with E-state index in [0.29, 0.717) is 20.4 Å². The lowest BCUT2D eigenvalue weighted by atomic mass is 10.0. The fourth-order valence-corrected chi connectivity index (χ4v) is 5.64. The number of pyridine rings is 1. The largest absolute Gasteiger partial charge is 0.397 e. The molecule has 6 nitrogen and oxygen atoms in total. The van der Waals surface area contributed by atoms with Crippen molar-refractivity contribution in [1.82, 2.24) is 10.4 Å². The number of benzene rings is 2. The molecule has 0 saturated carbocycles. The molecule has 3 heterocycles. The average molecular weight is 532 g/mol. The maximum absolute atomic E-state index is 13.0. The molecule has 180 valence electrons. The van der Waals surface area contributed by atoms with Crippen LogP contribution < -0.4 is 16.1 Å². The Morgan fingerprint density at radius 2 is 1.86 bits per heavy atom. The molecule has 0 radical (unpaired) electrons. The summed E-state index contributed by atoms with van der Waals surface area (Å²) in [4.78, 5) is 22.0. The number of rotatable bonds is 6. The van der Waals surface area contributed by atoms with Gasteiger partial charge < -0.3 is 10.6 Å². The van der Waals surface area contributed by atoms with E-state index in [1.165, 1.54) is 11.3 Å². The second-order valence-corrected chi connectivity index (χ2v) is 10.6. The van der Waals surface area contributed by atoms with Gasteiger partial charge in [-0.25, -0.2) is 10.4 Å². The Hall–Kier alpha value is -3.72. The zero-order chi connectivity index (χ0) is 25.2. The predicted octanol–water partition coefficient (Wildman–Crippen LogP) is 6.76. The molecular weight excluding hydrogens is 510 g/mol. The van der Waals surface area contributed by atoms with Crippen LogP contribution in [0, 0.1) is 0 Å². The molecule has 0 spiro atoms. The van der Waals surface area contributed by atoms with E-state index >= 15 is 0 Å². The first kappa shape index (κ1) is 24.0. The molecule has 9 heteroatoms. The number of nitrogens with two attached hydrogens (primary N) is 1. The lowest BCUT2D eigenvalue weighted by Crippen LogP contribution is -2.17. The van der Waals surface area contributed by atoms with E-state index in [0.717, 1.165) is 38.3 Å². The number of carbonyl (C=O) groups excluding carboxylic acids is 1. The van der Waals surface area contributed by atoms with Crippen LogP contribution in [0.3, 0.4) is 0 Å². The van der Waals surface area contributed by atoms with E-state index in [2.05, 4.69) is 10.5 Å². The molecule has 0 aliphatic rings. The molecule has 0 bridgehead atoms. The summed E-state index contributed by atoms with van der Waals surface area (Å²) in [7, 11) is 3.96. The summed E-state index contributed by atoms with van der Waals surface area (Å²) in [5, 5.41) is 7.58. The van der Waals surface area contributed by atoms with Crippen molar-refractivity contribution in [1.29, 1.82) is 0 Å². The second kappa shape index (κ2) is 10.1. The number of hydrazone groups is 1. The lowest BCUT2D eigenvalue weighted by molar-refractivity contribution is 0.0960. The van der Waals surface area contributed by atoms with Gasteiger partial charge in [0.1, 0.15) is 9.71 Å². The van der Waals surface area contributed by atoms with Gasteiger partial charge in [0.05, 0.1) is 17.6 Å². The minimum atomic E-state index is -0.373. The Morgan fingerprint density at radius 3 is 2.53 bits per heavy atom. The molecule has 36 heavy (non-hydrogen) atoms. The smallest absolute Gasteiger partial charge is 0.283 e. The third-order valence-electron chi connectivity index (χ3n) is 5.62. The van der Waals surface area contributed by atoms with Crippen LogP contribution in [0.2, 0.25) is 5.02 Å². The van der Waals surface area contributed by atoms with E-state index in [1.807, 2.05) is 91.1 Å². The molecule has 3 aromatic heterocycles. The summed E-state index contributed by atoms with van der Waals surface area (Å²) >= 11 is 8.94. The molecule has 3 N–H and O–H groups in total. The first-order valence-corrected chi connectivity index (χ1v) is 13.1. The van der Waals surface area contributed by atoms with E-state index in [9.17, 15) is 4.79 Å². The number of halogens is 1. The van der Waals surface area contributed by atoms with E-state index < -0.39 is 0 Å². The Morgan fingerprint density at radius 1 is 1.11 bits per heavy atom. The van der Waals surface area contributed by atoms with Gasteiger partial charge in [-0.3, -0.25) is 4.79 Å². The van der Waals surface area contributed by atoms with Gasteiger partial charge in [-0.05, 0) is 47.3 Å². The second-order valence-electron chi connectivity index (χ2n) is 8.25. The third-order valence-corrected chi connectivity index (χ3v) is 7.87. The number of thiophene rings is 2. The van der Waals surface area contributed by atoms with Crippen molar-refractivity contribution >= 4 is 68.0 Å². The molecule has 0 saturated heterocycles. The van der Waals surface area contributed by atoms with Crippen molar-refractivity contribution in [2.75, 3.05) is 24.7 Å². The van der Waals surface area contributed by atoms with Crippen LogP contribution in [-0.2, 0) is 0 Å². The summed E-state index contributed by atoms with van der Waals surface area (Å²) in [5.74, 6) is -0.373. The van der Waals surface area contributed by atoms with Gasteiger partial charge in [0.2, 0.25) is 0 Å². The minimum absolute atomic E-state index is 0.373. The average Bonchev–Trinajstić information content (AvgIpc) is 3.53. The molecule has 0 aliphatic heterocycles. The highest BCUT2D eigenvalue weighted by atomic mass is 35.5. The first-order valence-electron chi connectivity index (χ1n) is 11.0. The Balaban J connectivity index is 1.48. The quantitative estimate of drug-likeness (QED) is 0.187. The first-order chi connectivity index (χ1) is 17.4. The van der Waals surface area contributed by atoms with Crippen LogP contribution >= 0.6 is 34.3 Å². The molecule has 5 aromatic rings. The standard InChI is InChI=1S/C27H22ClN5OS2/c1-33(2)19-11-5-16(6-12-19)15-30-32-26(34)25-24(29)23-20(22-4-3-13-35-22)14-21(31-27(23)36-25)17-7-9-18(28)10-8-17/h3-15H,29H2,1-2H3,(H,32,34)/b30-15+. The van der Waals surface area contributed by atoms with Crippen molar-refractivity contribution in [3.8, 4) is 21.7 Å². The Kier molecular flexibility index (Phi) is 6.73. The lowest BCUT2D eigenvalue weighted by Gasteiger charge is -2.11. The molecular formula is C27H22ClN5OS2. The number of amides is 1. The van der Waals surface area contributed by atoms with Gasteiger partial charge in [0, 0.05) is 46.2 Å². The number of hydrogen-bond donors (Lipinski definition) is 2. The van der Waals surface area contributed by atoms with Gasteiger partial charge in [-0.15, -0.1) is 22.7 Å². The topological polar surface area (TPSA) is 83.6 Å². The number of nitrogens with zero attached hydrogens (tertiary/aromatic N) is 3. The number of carbonyl (C=O) groups is 1. The summed E-state index contributed by atoms with van der Waals surface area (Å²) in [6.07, 6.45) is 1.61. The monoisotopic (exact) mass is 531 g/mol. The number of nitrogen functional groups attached to an aromatic ring is 1. The SMILES string of the molecule is CN(C)c1ccc(/C=N/NC(=O)c2sc3nc(-c4ccc(Cl)cc4)cc(-c4cccs4)c3c2N)cc1. The summed E-state index contributed by atoms with van der Waals surface area (Å²) < 4.78 is 0. The maximum Gasteiger partial charge on any atom is 0.283 e. The van der Waals surface area contributed by atoms with Crippen LogP contribution in [0.1, 0.15) is 15.2 Å². The zero-order valence-electron chi connectivity index (χ0n) is 19.5. The molecule has 0 unspecified atom stereocenters. The molecule has 0 fully saturated rings. The molecule has 1 amide bonds. The maximum atomic E-state index is 13.0. The number of nitrogens with one attached hydrogen (secondary N) is 1. The Bertz CT molecular complexity index is 1560. The summed E-state index contributed by atoms with van der Waals surface area (Å²) in [6, 6.07) is 21.4. The van der Waals surface area contributed by atoms with Gasteiger partial charge in [0.15, 0.2) is 0 Å². The van der Waals surface area contributed by atoms with Crippen LogP contribution in [-0.4, -0.2) is 31.2 Å². The third kappa shape index (κ3) is 4.83. The van der Waals surface area contributed by atoms with Crippen molar-refractivity contribution in [2.45, 2.75) is 0 Å². The number of aromatic nitrogens is 1. The van der Waals surface area contributed by atoms with Gasteiger partial charge >= 0.3 is 0 Å². The normalized spacial score (nSPS) is 11.3. The number of anilines is 2. The van der Waals surface area contributed by atoms with Crippen LogP contribution in [0.4, 0.5) is 11.4 Å². The fraction of sp³-hybridized carbons (Fsp3) is 0.0741. The van der Waals surface area contributed by atoms with Gasteiger partial charge in [-0.1, -0.05) is 41.9 Å².